The fourth-order valence-electron chi connectivity index (χ4n) is 2.68. The minimum atomic E-state index is 0.231. The van der Waals surface area contributed by atoms with Crippen molar-refractivity contribution < 1.29 is 4.74 Å². The first-order chi connectivity index (χ1) is 10.3. The summed E-state index contributed by atoms with van der Waals surface area (Å²) in [6.07, 6.45) is 2.08. The van der Waals surface area contributed by atoms with Gasteiger partial charge in [0.1, 0.15) is 5.75 Å². The van der Waals surface area contributed by atoms with E-state index in [2.05, 4.69) is 47.7 Å². The van der Waals surface area contributed by atoms with Gasteiger partial charge in [0.2, 0.25) is 0 Å². The highest BCUT2D eigenvalue weighted by atomic mass is 16.5. The summed E-state index contributed by atoms with van der Waals surface area (Å²) in [5.41, 5.74) is 3.64. The van der Waals surface area contributed by atoms with Crippen LogP contribution in [0.2, 0.25) is 0 Å². The van der Waals surface area contributed by atoms with Crippen LogP contribution in [0.5, 0.6) is 5.75 Å². The molecule has 1 aromatic heterocycles. The molecule has 0 bridgehead atoms. The Hall–Kier alpha value is -2.26. The standard InChI is InChI=1S/C18H20N2O/c1-13(15-7-4-6-10-18(15)21-2)19-11-14-12-20-17-9-5-3-8-16(14)17/h3-10,12-13,19-20H,11H2,1-2H3/t13-/m0/s1. The molecule has 1 atom stereocenters. The first-order valence-corrected chi connectivity index (χ1v) is 7.21. The molecule has 0 aliphatic heterocycles. The number of hydrogen-bond donors (Lipinski definition) is 2. The smallest absolute Gasteiger partial charge is 0.123 e. The van der Waals surface area contributed by atoms with E-state index < -0.39 is 0 Å². The maximum Gasteiger partial charge on any atom is 0.123 e. The normalized spacial score (nSPS) is 12.5. The number of nitrogens with one attached hydrogen (secondary N) is 2. The maximum atomic E-state index is 5.43. The number of aromatic amines is 1. The van der Waals surface area contributed by atoms with Crippen LogP contribution >= 0.6 is 0 Å². The van der Waals surface area contributed by atoms with Crippen molar-refractivity contribution in [2.75, 3.05) is 7.11 Å². The Kier molecular flexibility index (Phi) is 3.93. The third kappa shape index (κ3) is 2.78. The molecule has 1 heterocycles. The molecule has 0 fully saturated rings. The van der Waals surface area contributed by atoms with Crippen molar-refractivity contribution in [2.45, 2.75) is 19.5 Å². The van der Waals surface area contributed by atoms with E-state index in [9.17, 15) is 0 Å². The van der Waals surface area contributed by atoms with Crippen molar-refractivity contribution in [3.05, 3.63) is 65.9 Å². The summed E-state index contributed by atoms with van der Waals surface area (Å²) >= 11 is 0. The molecule has 3 rings (SSSR count). The minimum absolute atomic E-state index is 0.231. The van der Waals surface area contributed by atoms with Gasteiger partial charge in [-0.15, -0.1) is 0 Å². The van der Waals surface area contributed by atoms with Crippen molar-refractivity contribution >= 4 is 10.9 Å². The number of aromatic nitrogens is 1. The summed E-state index contributed by atoms with van der Waals surface area (Å²) in [4.78, 5) is 3.31. The average Bonchev–Trinajstić information content (AvgIpc) is 2.96. The van der Waals surface area contributed by atoms with E-state index in [4.69, 9.17) is 4.74 Å². The van der Waals surface area contributed by atoms with Gasteiger partial charge in [0, 0.05) is 35.2 Å². The predicted octanol–water partition coefficient (Wildman–Crippen LogP) is 4.03. The maximum absolute atomic E-state index is 5.43. The number of methoxy groups -OCH3 is 1. The number of rotatable bonds is 5. The van der Waals surface area contributed by atoms with Gasteiger partial charge >= 0.3 is 0 Å². The highest BCUT2D eigenvalue weighted by Crippen LogP contribution is 2.25. The van der Waals surface area contributed by atoms with E-state index in [1.807, 2.05) is 24.3 Å². The number of fused-ring (bicyclic) bond motifs is 1. The number of ether oxygens (including phenoxy) is 1. The molecule has 0 amide bonds. The van der Waals surface area contributed by atoms with Gasteiger partial charge in [0.05, 0.1) is 7.11 Å². The first kappa shape index (κ1) is 13.7. The monoisotopic (exact) mass is 280 g/mol. The van der Waals surface area contributed by atoms with Gasteiger partial charge in [0.15, 0.2) is 0 Å². The number of H-pyrrole nitrogens is 1. The van der Waals surface area contributed by atoms with Crippen LogP contribution in [0, 0.1) is 0 Å². The fraction of sp³-hybridized carbons (Fsp3) is 0.222. The van der Waals surface area contributed by atoms with E-state index in [0.29, 0.717) is 0 Å². The highest BCUT2D eigenvalue weighted by Gasteiger charge is 2.11. The van der Waals surface area contributed by atoms with Crippen molar-refractivity contribution in [1.29, 1.82) is 0 Å². The van der Waals surface area contributed by atoms with Crippen LogP contribution in [-0.4, -0.2) is 12.1 Å². The van der Waals surface area contributed by atoms with Crippen molar-refractivity contribution in [3.63, 3.8) is 0 Å². The second-order valence-electron chi connectivity index (χ2n) is 5.20. The summed E-state index contributed by atoms with van der Waals surface area (Å²) in [6.45, 7) is 2.98. The Bertz CT molecular complexity index is 733. The van der Waals surface area contributed by atoms with Gasteiger partial charge in [-0.3, -0.25) is 0 Å². The van der Waals surface area contributed by atoms with Crippen LogP contribution in [0.25, 0.3) is 10.9 Å². The van der Waals surface area contributed by atoms with Crippen LogP contribution in [-0.2, 0) is 6.54 Å². The summed E-state index contributed by atoms with van der Waals surface area (Å²) < 4.78 is 5.43. The lowest BCUT2D eigenvalue weighted by atomic mass is 10.1. The zero-order valence-corrected chi connectivity index (χ0v) is 12.4. The lowest BCUT2D eigenvalue weighted by Crippen LogP contribution is -2.18. The molecule has 3 aromatic rings. The molecule has 0 aliphatic carbocycles. The summed E-state index contributed by atoms with van der Waals surface area (Å²) in [5.74, 6) is 0.927. The third-order valence-corrected chi connectivity index (χ3v) is 3.88. The number of hydrogen-bond acceptors (Lipinski definition) is 2. The van der Waals surface area contributed by atoms with Crippen LogP contribution < -0.4 is 10.1 Å². The largest absolute Gasteiger partial charge is 0.496 e. The number of para-hydroxylation sites is 2. The van der Waals surface area contributed by atoms with Crippen molar-refractivity contribution in [1.82, 2.24) is 10.3 Å². The second-order valence-corrected chi connectivity index (χ2v) is 5.20. The SMILES string of the molecule is COc1ccccc1[C@H](C)NCc1c[nH]c2ccccc12. The molecule has 0 spiro atoms. The van der Waals surface area contributed by atoms with E-state index in [1.54, 1.807) is 7.11 Å². The van der Waals surface area contributed by atoms with Gasteiger partial charge in [0.25, 0.3) is 0 Å². The molecule has 0 unspecified atom stereocenters. The lowest BCUT2D eigenvalue weighted by Gasteiger charge is -2.17. The molecule has 21 heavy (non-hydrogen) atoms. The fourth-order valence-corrected chi connectivity index (χ4v) is 2.68. The van der Waals surface area contributed by atoms with Gasteiger partial charge in [-0.05, 0) is 24.6 Å². The van der Waals surface area contributed by atoms with E-state index in [1.165, 1.54) is 22.0 Å². The highest BCUT2D eigenvalue weighted by molar-refractivity contribution is 5.82. The minimum Gasteiger partial charge on any atom is -0.496 e. The third-order valence-electron chi connectivity index (χ3n) is 3.88. The molecular formula is C18H20N2O. The predicted molar refractivity (Wildman–Crippen MR) is 86.5 cm³/mol. The quantitative estimate of drug-likeness (QED) is 0.740. The van der Waals surface area contributed by atoms with E-state index in [0.717, 1.165) is 12.3 Å². The Morgan fingerprint density at radius 2 is 1.86 bits per heavy atom. The van der Waals surface area contributed by atoms with Crippen LogP contribution in [0.4, 0.5) is 0 Å². The second kappa shape index (κ2) is 6.02. The first-order valence-electron chi connectivity index (χ1n) is 7.21. The zero-order chi connectivity index (χ0) is 14.7. The Labute approximate surface area is 125 Å². The van der Waals surface area contributed by atoms with Crippen LogP contribution in [0.1, 0.15) is 24.1 Å². The topological polar surface area (TPSA) is 37.0 Å². The van der Waals surface area contributed by atoms with Crippen LogP contribution in [0.15, 0.2) is 54.7 Å². The molecule has 2 aromatic carbocycles. The molecule has 108 valence electrons. The molecule has 0 radical (unpaired) electrons. The van der Waals surface area contributed by atoms with Crippen molar-refractivity contribution in [3.8, 4) is 5.75 Å². The van der Waals surface area contributed by atoms with E-state index >= 15 is 0 Å². The van der Waals surface area contributed by atoms with Gasteiger partial charge in [-0.1, -0.05) is 36.4 Å². The van der Waals surface area contributed by atoms with Gasteiger partial charge < -0.3 is 15.0 Å². The Balaban J connectivity index is 1.75. The molecule has 0 aliphatic rings. The number of benzene rings is 2. The van der Waals surface area contributed by atoms with Gasteiger partial charge in [-0.2, -0.15) is 0 Å². The molecule has 2 N–H and O–H groups in total. The Morgan fingerprint density at radius 3 is 2.71 bits per heavy atom. The lowest BCUT2D eigenvalue weighted by molar-refractivity contribution is 0.401. The summed E-state index contributed by atoms with van der Waals surface area (Å²) in [6, 6.07) is 16.7. The molecule has 3 heteroatoms. The summed E-state index contributed by atoms with van der Waals surface area (Å²) in [5, 5.41) is 4.84. The Morgan fingerprint density at radius 1 is 1.10 bits per heavy atom. The van der Waals surface area contributed by atoms with Gasteiger partial charge in [-0.25, -0.2) is 0 Å². The van der Waals surface area contributed by atoms with Crippen LogP contribution in [0.3, 0.4) is 0 Å². The molecule has 0 saturated carbocycles. The molecule has 3 nitrogen and oxygen atoms in total. The van der Waals surface area contributed by atoms with E-state index in [-0.39, 0.29) is 6.04 Å². The molecule has 0 saturated heterocycles. The summed E-state index contributed by atoms with van der Waals surface area (Å²) in [7, 11) is 1.71. The molecular weight excluding hydrogens is 260 g/mol. The van der Waals surface area contributed by atoms with Crippen molar-refractivity contribution in [2.24, 2.45) is 0 Å². The zero-order valence-electron chi connectivity index (χ0n) is 12.4. The average molecular weight is 280 g/mol.